The first-order valence-corrected chi connectivity index (χ1v) is 12.4. The highest BCUT2D eigenvalue weighted by molar-refractivity contribution is 7.90. The van der Waals surface area contributed by atoms with Crippen LogP contribution in [0.1, 0.15) is 71.6 Å². The van der Waals surface area contributed by atoms with Crippen LogP contribution in [-0.2, 0) is 16.8 Å². The Kier molecular flexibility index (Phi) is 5.97. The summed E-state index contributed by atoms with van der Waals surface area (Å²) < 4.78 is 16.9. The molecule has 31 heavy (non-hydrogen) atoms. The molecule has 0 aliphatic carbocycles. The summed E-state index contributed by atoms with van der Waals surface area (Å²) >= 11 is -0.955. The first-order chi connectivity index (χ1) is 14.6. The smallest absolute Gasteiger partial charge is 0.137 e. The van der Waals surface area contributed by atoms with Crippen LogP contribution >= 0.6 is 0 Å². The lowest BCUT2D eigenvalue weighted by molar-refractivity contribution is 0.308. The number of piperidine rings is 1. The molecule has 166 valence electrons. The molecule has 0 amide bonds. The number of nitrogens with zero attached hydrogens (tertiary/aromatic N) is 3. The fourth-order valence-electron chi connectivity index (χ4n) is 4.46. The van der Waals surface area contributed by atoms with Crippen LogP contribution < -0.4 is 0 Å². The Hall–Kier alpha value is -1.82. The van der Waals surface area contributed by atoms with Gasteiger partial charge in [-0.05, 0) is 57.4 Å². The fourth-order valence-corrected chi connectivity index (χ4v) is 5.84. The minimum absolute atomic E-state index is 0.0148. The highest BCUT2D eigenvalue weighted by Gasteiger charge is 2.36. The molecular formula is C26H35N3OS. The second-order valence-electron chi connectivity index (χ2n) is 10.7. The van der Waals surface area contributed by atoms with Gasteiger partial charge in [-0.2, -0.15) is 5.10 Å². The Morgan fingerprint density at radius 2 is 1.65 bits per heavy atom. The first kappa shape index (κ1) is 22.4. The minimum atomic E-state index is -0.955. The van der Waals surface area contributed by atoms with Gasteiger partial charge in [-0.15, -0.1) is 4.31 Å². The van der Waals surface area contributed by atoms with Crippen molar-refractivity contribution in [3.05, 3.63) is 59.8 Å². The molecule has 1 saturated heterocycles. The third-order valence-corrected chi connectivity index (χ3v) is 7.90. The Bertz CT molecular complexity index is 1040. The Morgan fingerprint density at radius 3 is 2.29 bits per heavy atom. The summed E-state index contributed by atoms with van der Waals surface area (Å²) in [6, 6.07) is 17.3. The lowest BCUT2D eigenvalue weighted by Gasteiger charge is -2.37. The van der Waals surface area contributed by atoms with E-state index >= 15 is 0 Å². The largest absolute Gasteiger partial charge is 0.597 e. The van der Waals surface area contributed by atoms with Crippen molar-refractivity contribution in [2.75, 3.05) is 13.1 Å². The predicted octanol–water partition coefficient (Wildman–Crippen LogP) is 5.96. The zero-order chi connectivity index (χ0) is 22.4. The second-order valence-corrected chi connectivity index (χ2v) is 12.9. The Balaban J connectivity index is 1.61. The number of hydrogen-bond acceptors (Lipinski definition) is 3. The van der Waals surface area contributed by atoms with Crippen LogP contribution in [0.3, 0.4) is 0 Å². The fraction of sp³-hybridized carbons (Fsp3) is 0.500. The lowest BCUT2D eigenvalue weighted by Crippen LogP contribution is -2.47. The predicted molar refractivity (Wildman–Crippen MR) is 131 cm³/mol. The number of hydrogen-bond donors (Lipinski definition) is 0. The molecule has 5 heteroatoms. The number of aromatic nitrogens is 2. The van der Waals surface area contributed by atoms with E-state index in [0.29, 0.717) is 5.92 Å². The van der Waals surface area contributed by atoms with Gasteiger partial charge >= 0.3 is 0 Å². The molecule has 1 unspecified atom stereocenters. The molecule has 4 nitrogen and oxygen atoms in total. The standard InChI is InChI=1S/C26H35N3OS/c1-25(2,3)24-22-11-7-8-12-23(22)29(27-24)21-15-13-19(14-16-21)20-10-9-17-28(18-20)31(30)26(4,5)6/h7-8,11-16,20H,9-10,17-18H2,1-6H3/t20-,31?/m1/s1. The van der Waals surface area contributed by atoms with Gasteiger partial charge in [0.1, 0.15) is 4.75 Å². The van der Waals surface area contributed by atoms with Crippen molar-refractivity contribution in [3.63, 3.8) is 0 Å². The summed E-state index contributed by atoms with van der Waals surface area (Å²) in [6.45, 7) is 14.6. The third-order valence-electron chi connectivity index (χ3n) is 6.05. The zero-order valence-electron chi connectivity index (χ0n) is 19.7. The molecule has 2 atom stereocenters. The summed E-state index contributed by atoms with van der Waals surface area (Å²) in [4.78, 5) is 0. The molecule has 1 aromatic heterocycles. The molecule has 1 fully saturated rings. The highest BCUT2D eigenvalue weighted by atomic mass is 32.2. The van der Waals surface area contributed by atoms with Crippen molar-refractivity contribution in [2.24, 2.45) is 0 Å². The molecule has 1 aliphatic heterocycles. The summed E-state index contributed by atoms with van der Waals surface area (Å²) in [7, 11) is 0. The summed E-state index contributed by atoms with van der Waals surface area (Å²) in [5.41, 5.74) is 4.66. The van der Waals surface area contributed by atoms with Crippen LogP contribution in [0.2, 0.25) is 0 Å². The van der Waals surface area contributed by atoms with Crippen LogP contribution in [-0.4, -0.2) is 36.5 Å². The van der Waals surface area contributed by atoms with E-state index in [1.54, 1.807) is 0 Å². The molecule has 0 N–H and O–H groups in total. The minimum Gasteiger partial charge on any atom is -0.597 e. The van der Waals surface area contributed by atoms with E-state index in [4.69, 9.17) is 5.10 Å². The molecular weight excluding hydrogens is 402 g/mol. The van der Waals surface area contributed by atoms with Gasteiger partial charge in [-0.25, -0.2) is 4.68 Å². The lowest BCUT2D eigenvalue weighted by atomic mass is 9.90. The molecule has 2 heterocycles. The van der Waals surface area contributed by atoms with Gasteiger partial charge in [-0.1, -0.05) is 51.1 Å². The van der Waals surface area contributed by atoms with Gasteiger partial charge in [0.15, 0.2) is 0 Å². The van der Waals surface area contributed by atoms with Crippen molar-refractivity contribution in [3.8, 4) is 5.69 Å². The van der Waals surface area contributed by atoms with Crippen LogP contribution in [0.25, 0.3) is 16.6 Å². The van der Waals surface area contributed by atoms with Gasteiger partial charge < -0.3 is 4.55 Å². The first-order valence-electron chi connectivity index (χ1n) is 11.3. The second kappa shape index (κ2) is 8.27. The van der Waals surface area contributed by atoms with Crippen molar-refractivity contribution < 1.29 is 4.55 Å². The van der Waals surface area contributed by atoms with Gasteiger partial charge in [0, 0.05) is 34.6 Å². The van der Waals surface area contributed by atoms with Crippen molar-refractivity contribution in [2.45, 2.75) is 70.5 Å². The maximum Gasteiger partial charge on any atom is 0.137 e. The molecule has 0 radical (unpaired) electrons. The van der Waals surface area contributed by atoms with Crippen molar-refractivity contribution in [1.82, 2.24) is 14.1 Å². The topological polar surface area (TPSA) is 44.1 Å². The van der Waals surface area contributed by atoms with E-state index in [-0.39, 0.29) is 10.2 Å². The van der Waals surface area contributed by atoms with Gasteiger partial charge in [-0.3, -0.25) is 0 Å². The summed E-state index contributed by atoms with van der Waals surface area (Å²) in [6.07, 6.45) is 2.24. The molecule has 4 rings (SSSR count). The highest BCUT2D eigenvalue weighted by Crippen LogP contribution is 2.33. The normalized spacial score (nSPS) is 19.6. The van der Waals surface area contributed by atoms with Crippen molar-refractivity contribution >= 4 is 22.3 Å². The van der Waals surface area contributed by atoms with Crippen LogP contribution in [0.4, 0.5) is 0 Å². The molecule has 0 saturated carbocycles. The maximum atomic E-state index is 12.9. The van der Waals surface area contributed by atoms with Crippen LogP contribution in [0, 0.1) is 0 Å². The monoisotopic (exact) mass is 437 g/mol. The molecule has 3 aromatic rings. The Morgan fingerprint density at radius 1 is 0.968 bits per heavy atom. The van der Waals surface area contributed by atoms with E-state index in [1.165, 1.54) is 10.9 Å². The third kappa shape index (κ3) is 4.55. The average Bonchev–Trinajstić information content (AvgIpc) is 3.13. The van der Waals surface area contributed by atoms with Crippen molar-refractivity contribution in [1.29, 1.82) is 0 Å². The van der Waals surface area contributed by atoms with E-state index < -0.39 is 11.4 Å². The number of fused-ring (bicyclic) bond motifs is 1. The van der Waals surface area contributed by atoms with Gasteiger partial charge in [0.2, 0.25) is 0 Å². The van der Waals surface area contributed by atoms with E-state index in [2.05, 4.69) is 99.1 Å². The quantitative estimate of drug-likeness (QED) is 0.475. The zero-order valence-corrected chi connectivity index (χ0v) is 20.5. The molecule has 0 spiro atoms. The van der Waals surface area contributed by atoms with Gasteiger partial charge in [0.25, 0.3) is 0 Å². The van der Waals surface area contributed by atoms with Gasteiger partial charge in [0.05, 0.1) is 23.4 Å². The molecule has 0 bridgehead atoms. The van der Waals surface area contributed by atoms with E-state index in [9.17, 15) is 4.55 Å². The summed E-state index contributed by atoms with van der Waals surface area (Å²) in [5, 5.41) is 6.22. The maximum absolute atomic E-state index is 12.9. The van der Waals surface area contributed by atoms with E-state index in [0.717, 1.165) is 42.8 Å². The number of benzene rings is 2. The van der Waals surface area contributed by atoms with E-state index in [1.807, 2.05) is 0 Å². The summed E-state index contributed by atoms with van der Waals surface area (Å²) in [5.74, 6) is 0.425. The Labute approximate surface area is 190 Å². The molecule has 1 aliphatic rings. The molecule has 2 aromatic carbocycles. The number of rotatable bonds is 3. The van der Waals surface area contributed by atoms with Crippen LogP contribution in [0.15, 0.2) is 48.5 Å². The number of para-hydroxylation sites is 1. The van der Waals surface area contributed by atoms with Crippen LogP contribution in [0.5, 0.6) is 0 Å². The SMILES string of the molecule is CC(C)(C)c1nn(-c2ccc([C@@H]3CCCN([S+]([O-])C(C)(C)C)C3)cc2)c2ccccc12. The average molecular weight is 438 g/mol.